The van der Waals surface area contributed by atoms with Crippen molar-refractivity contribution >= 4 is 15.7 Å². The molecule has 23 heavy (non-hydrogen) atoms. The van der Waals surface area contributed by atoms with Crippen LogP contribution in [0.1, 0.15) is 0 Å². The number of oxazole rings is 1. The van der Waals surface area contributed by atoms with Gasteiger partial charge in [-0.15, -0.1) is 0 Å². The first kappa shape index (κ1) is 14.0. The average molecular weight is 326 g/mol. The zero-order valence-electron chi connectivity index (χ0n) is 12.2. The van der Waals surface area contributed by atoms with Crippen molar-refractivity contribution < 1.29 is 12.8 Å². The van der Waals surface area contributed by atoms with Gasteiger partial charge in [0.1, 0.15) is 0 Å². The number of hydrogen-bond acceptors (Lipinski definition) is 5. The molecule has 0 saturated carbocycles. The molecule has 1 fully saturated rings. The molecule has 4 rings (SSSR count). The van der Waals surface area contributed by atoms with Crippen LogP contribution in [0.2, 0.25) is 0 Å². The summed E-state index contributed by atoms with van der Waals surface area (Å²) in [6.07, 6.45) is 0. The number of aromatic nitrogens is 1. The summed E-state index contributed by atoms with van der Waals surface area (Å²) in [7, 11) is -3.71. The summed E-state index contributed by atoms with van der Waals surface area (Å²) in [6.45, 7) is 1.56. The quantitative estimate of drug-likeness (QED) is 0.690. The van der Waals surface area contributed by atoms with Gasteiger partial charge in [-0.05, 0) is 24.3 Å². The maximum Gasteiger partial charge on any atom is 0.236 e. The van der Waals surface area contributed by atoms with Gasteiger partial charge in [0.25, 0.3) is 0 Å². The predicted molar refractivity (Wildman–Crippen MR) is 86.0 cm³/mol. The van der Waals surface area contributed by atoms with Crippen molar-refractivity contribution in [2.45, 2.75) is 9.92 Å². The maximum atomic E-state index is 12.9. The molecular formula is C17H14N2O3S. The van der Waals surface area contributed by atoms with Crippen LogP contribution in [0.4, 0.5) is 5.88 Å². The van der Waals surface area contributed by atoms with Crippen molar-refractivity contribution in [3.05, 3.63) is 60.7 Å². The van der Waals surface area contributed by atoms with E-state index in [2.05, 4.69) is 4.98 Å². The molecule has 0 radical (unpaired) electrons. The Labute approximate surface area is 134 Å². The van der Waals surface area contributed by atoms with E-state index in [1.807, 2.05) is 35.2 Å². The molecule has 1 aromatic heterocycles. The molecule has 5 nitrogen and oxygen atoms in total. The van der Waals surface area contributed by atoms with Gasteiger partial charge in [0.2, 0.25) is 26.6 Å². The van der Waals surface area contributed by atoms with Gasteiger partial charge in [-0.2, -0.15) is 4.98 Å². The van der Waals surface area contributed by atoms with E-state index in [0.717, 1.165) is 18.7 Å². The Kier molecular flexibility index (Phi) is 3.20. The summed E-state index contributed by atoms with van der Waals surface area (Å²) in [6, 6.07) is 17.6. The summed E-state index contributed by atoms with van der Waals surface area (Å²) in [5.74, 6) is 0.648. The van der Waals surface area contributed by atoms with Crippen LogP contribution in [-0.4, -0.2) is 26.5 Å². The van der Waals surface area contributed by atoms with Gasteiger partial charge < -0.3 is 9.32 Å². The molecule has 1 aliphatic rings. The lowest BCUT2D eigenvalue weighted by Crippen LogP contribution is -2.06. The molecule has 0 amide bonds. The van der Waals surface area contributed by atoms with Gasteiger partial charge in [-0.1, -0.05) is 36.4 Å². The lowest BCUT2D eigenvalue weighted by atomic mass is 10.2. The van der Waals surface area contributed by atoms with Crippen molar-refractivity contribution in [2.75, 3.05) is 18.0 Å². The summed E-state index contributed by atoms with van der Waals surface area (Å²) in [4.78, 5) is 6.37. The zero-order valence-corrected chi connectivity index (χ0v) is 13.0. The minimum atomic E-state index is -3.71. The van der Waals surface area contributed by atoms with Gasteiger partial charge >= 0.3 is 0 Å². The fraction of sp³-hybridized carbons (Fsp3) is 0.118. The molecule has 6 heteroatoms. The highest BCUT2D eigenvalue weighted by Gasteiger charge is 2.34. The first-order valence-electron chi connectivity index (χ1n) is 7.27. The second-order valence-electron chi connectivity index (χ2n) is 5.30. The normalized spacial score (nSPS) is 14.0. The third kappa shape index (κ3) is 2.51. The number of benzene rings is 2. The topological polar surface area (TPSA) is 63.2 Å². The van der Waals surface area contributed by atoms with Gasteiger partial charge in [-0.25, -0.2) is 8.42 Å². The molecule has 3 aromatic rings. The SMILES string of the molecule is O=S(=O)(c1ccccc1)c1nc(-c2ccccc2)oc1N1CC1. The molecule has 0 aliphatic carbocycles. The number of nitrogens with zero attached hydrogens (tertiary/aromatic N) is 2. The van der Waals surface area contributed by atoms with E-state index in [0.29, 0.717) is 11.8 Å². The monoisotopic (exact) mass is 326 g/mol. The van der Waals surface area contributed by atoms with Crippen LogP contribution in [0.5, 0.6) is 0 Å². The number of rotatable bonds is 4. The molecule has 1 saturated heterocycles. The van der Waals surface area contributed by atoms with Crippen LogP contribution in [0.25, 0.3) is 11.5 Å². The highest BCUT2D eigenvalue weighted by molar-refractivity contribution is 7.91. The number of anilines is 1. The van der Waals surface area contributed by atoms with Gasteiger partial charge in [0.05, 0.1) is 4.90 Å². The fourth-order valence-corrected chi connectivity index (χ4v) is 3.68. The first-order valence-corrected chi connectivity index (χ1v) is 8.76. The van der Waals surface area contributed by atoms with Crippen molar-refractivity contribution in [1.29, 1.82) is 0 Å². The van der Waals surface area contributed by atoms with Crippen LogP contribution < -0.4 is 4.90 Å². The summed E-state index contributed by atoms with van der Waals surface area (Å²) in [5.41, 5.74) is 0.755. The molecule has 0 bridgehead atoms. The number of sulfone groups is 1. The summed E-state index contributed by atoms with van der Waals surface area (Å²) in [5, 5.41) is -0.0138. The molecule has 1 aliphatic heterocycles. The average Bonchev–Trinajstić information content (AvgIpc) is 3.34. The van der Waals surface area contributed by atoms with Gasteiger partial charge in [-0.3, -0.25) is 0 Å². The fourth-order valence-electron chi connectivity index (χ4n) is 2.34. The third-order valence-electron chi connectivity index (χ3n) is 3.64. The molecule has 2 aromatic carbocycles. The van der Waals surface area contributed by atoms with E-state index < -0.39 is 9.84 Å². The van der Waals surface area contributed by atoms with E-state index in [4.69, 9.17) is 4.42 Å². The standard InChI is InChI=1S/C17H14N2O3S/c20-23(21,14-9-5-2-6-10-14)16-17(19-11-12-19)22-15(18-16)13-7-3-1-4-8-13/h1-10H,11-12H2. The van der Waals surface area contributed by atoms with E-state index >= 15 is 0 Å². The van der Waals surface area contributed by atoms with E-state index in [9.17, 15) is 8.42 Å². The highest BCUT2D eigenvalue weighted by atomic mass is 32.2. The Morgan fingerprint density at radius 2 is 1.52 bits per heavy atom. The van der Waals surface area contributed by atoms with E-state index in [1.165, 1.54) is 0 Å². The minimum absolute atomic E-state index is 0.0138. The zero-order chi connectivity index (χ0) is 15.9. The summed E-state index contributed by atoms with van der Waals surface area (Å²) >= 11 is 0. The largest absolute Gasteiger partial charge is 0.419 e. The van der Waals surface area contributed by atoms with Crippen molar-refractivity contribution in [1.82, 2.24) is 4.98 Å². The van der Waals surface area contributed by atoms with Crippen molar-refractivity contribution in [2.24, 2.45) is 0 Å². The Hall–Kier alpha value is -2.60. The summed E-state index contributed by atoms with van der Waals surface area (Å²) < 4.78 is 31.5. The minimum Gasteiger partial charge on any atom is -0.419 e. The van der Waals surface area contributed by atoms with Crippen LogP contribution >= 0.6 is 0 Å². The Morgan fingerprint density at radius 1 is 0.913 bits per heavy atom. The predicted octanol–water partition coefficient (Wildman–Crippen LogP) is 2.99. The Balaban J connectivity index is 1.87. The van der Waals surface area contributed by atoms with Crippen LogP contribution in [0.15, 0.2) is 75.0 Å². The van der Waals surface area contributed by atoms with Gasteiger partial charge in [0, 0.05) is 18.7 Å². The molecule has 0 unspecified atom stereocenters. The Bertz CT molecular complexity index is 930. The van der Waals surface area contributed by atoms with Crippen LogP contribution in [0.3, 0.4) is 0 Å². The second kappa shape index (κ2) is 5.24. The highest BCUT2D eigenvalue weighted by Crippen LogP contribution is 2.36. The lowest BCUT2D eigenvalue weighted by Gasteiger charge is -2.03. The maximum absolute atomic E-state index is 12.9. The lowest BCUT2D eigenvalue weighted by molar-refractivity contribution is 0.573. The second-order valence-corrected chi connectivity index (χ2v) is 7.16. The first-order chi connectivity index (χ1) is 11.2. The molecular weight excluding hydrogens is 312 g/mol. The van der Waals surface area contributed by atoms with Gasteiger partial charge in [0.15, 0.2) is 0 Å². The molecule has 116 valence electrons. The van der Waals surface area contributed by atoms with E-state index in [1.54, 1.807) is 30.3 Å². The molecule has 0 atom stereocenters. The number of hydrogen-bond donors (Lipinski definition) is 0. The molecule has 0 spiro atoms. The van der Waals surface area contributed by atoms with Crippen LogP contribution in [0, 0.1) is 0 Å². The Morgan fingerprint density at radius 3 is 2.13 bits per heavy atom. The third-order valence-corrected chi connectivity index (χ3v) is 5.31. The van der Waals surface area contributed by atoms with Crippen molar-refractivity contribution in [3.8, 4) is 11.5 Å². The van der Waals surface area contributed by atoms with Crippen molar-refractivity contribution in [3.63, 3.8) is 0 Å². The van der Waals surface area contributed by atoms with Crippen LogP contribution in [-0.2, 0) is 9.84 Å². The molecule has 0 N–H and O–H groups in total. The molecule has 2 heterocycles. The van der Waals surface area contributed by atoms with E-state index in [-0.39, 0.29) is 9.92 Å². The smallest absolute Gasteiger partial charge is 0.236 e.